The van der Waals surface area contributed by atoms with Gasteiger partial charge in [0.15, 0.2) is 0 Å². The number of nitrogens with zero attached hydrogens (tertiary/aromatic N) is 3. The van der Waals surface area contributed by atoms with Gasteiger partial charge in [-0.1, -0.05) is 13.8 Å². The second-order valence-electron chi connectivity index (χ2n) is 9.96. The summed E-state index contributed by atoms with van der Waals surface area (Å²) in [5.41, 5.74) is 5.62. The van der Waals surface area contributed by atoms with E-state index in [1.54, 1.807) is 0 Å². The molecule has 37 heavy (non-hydrogen) atoms. The zero-order valence-corrected chi connectivity index (χ0v) is 22.1. The number of piperazine rings is 1. The number of nitrogens with one attached hydrogen (secondary N) is 1. The number of aromatic amines is 1. The number of fused-ring (bicyclic) bond motifs is 2. The molecule has 0 aliphatic carbocycles. The first-order chi connectivity index (χ1) is 17.4. The summed E-state index contributed by atoms with van der Waals surface area (Å²) in [4.78, 5) is 19.9. The second-order valence-corrected chi connectivity index (χ2v) is 9.96. The number of aryl methyl sites for hydroxylation is 1. The predicted molar refractivity (Wildman–Crippen MR) is 149 cm³/mol. The van der Waals surface area contributed by atoms with Gasteiger partial charge in [-0.05, 0) is 73.7 Å². The summed E-state index contributed by atoms with van der Waals surface area (Å²) in [6.07, 6.45) is 5.34. The molecule has 1 fully saturated rings. The van der Waals surface area contributed by atoms with Gasteiger partial charge in [-0.2, -0.15) is 5.26 Å². The molecule has 8 heteroatoms. The molecule has 1 aliphatic rings. The maximum atomic E-state index is 11.7. The van der Waals surface area contributed by atoms with E-state index >= 15 is 0 Å². The average molecular weight is 521 g/mol. The Hall–Kier alpha value is -3.47. The number of hydrogen-bond acceptors (Lipinski definition) is 5. The number of rotatable bonds is 8. The van der Waals surface area contributed by atoms with E-state index in [1.165, 1.54) is 5.56 Å². The molecule has 1 saturated heterocycles. The van der Waals surface area contributed by atoms with E-state index in [0.29, 0.717) is 11.1 Å². The van der Waals surface area contributed by atoms with Crippen molar-refractivity contribution < 1.29 is 14.3 Å². The molecule has 0 spiro atoms. The molecule has 2 aromatic carbocycles. The van der Waals surface area contributed by atoms with Gasteiger partial charge >= 0.3 is 5.97 Å². The Labute approximate surface area is 223 Å². The van der Waals surface area contributed by atoms with Crippen LogP contribution in [-0.2, 0) is 6.42 Å². The third-order valence-corrected chi connectivity index (χ3v) is 7.29. The minimum Gasteiger partial charge on any atom is -0.475 e. The molecule has 3 heterocycles. The molecule has 0 amide bonds. The monoisotopic (exact) mass is 520 g/mol. The number of anilines is 1. The number of H-pyrrole nitrogens is 1. The van der Waals surface area contributed by atoms with Crippen molar-refractivity contribution in [2.75, 3.05) is 37.6 Å². The number of benzene rings is 2. The molecule has 1 aliphatic heterocycles. The van der Waals surface area contributed by atoms with Gasteiger partial charge in [0.25, 0.3) is 0 Å². The lowest BCUT2D eigenvalue weighted by molar-refractivity contribution is 0.0662. The van der Waals surface area contributed by atoms with Gasteiger partial charge in [-0.15, -0.1) is 12.4 Å². The van der Waals surface area contributed by atoms with Crippen LogP contribution in [0.15, 0.2) is 47.0 Å². The third-order valence-electron chi connectivity index (χ3n) is 7.29. The number of halogens is 1. The van der Waals surface area contributed by atoms with Gasteiger partial charge in [0.1, 0.15) is 5.58 Å². The summed E-state index contributed by atoms with van der Waals surface area (Å²) in [5.74, 6) is -0.885. The van der Waals surface area contributed by atoms with Crippen LogP contribution < -0.4 is 4.90 Å². The quantitative estimate of drug-likeness (QED) is 0.269. The topological polar surface area (TPSA) is 96.5 Å². The fourth-order valence-corrected chi connectivity index (χ4v) is 5.37. The highest BCUT2D eigenvalue weighted by Crippen LogP contribution is 2.34. The van der Waals surface area contributed by atoms with E-state index in [0.717, 1.165) is 79.5 Å². The van der Waals surface area contributed by atoms with Crippen molar-refractivity contribution in [3.63, 3.8) is 0 Å². The zero-order chi connectivity index (χ0) is 25.2. The molecule has 7 nitrogen and oxygen atoms in total. The third kappa shape index (κ3) is 5.46. The number of carboxylic acids is 1. The average Bonchev–Trinajstić information content (AvgIpc) is 3.47. The van der Waals surface area contributed by atoms with Gasteiger partial charge in [0.2, 0.25) is 5.76 Å². The first kappa shape index (κ1) is 26.6. The van der Waals surface area contributed by atoms with Gasteiger partial charge < -0.3 is 19.4 Å². The Morgan fingerprint density at radius 1 is 1.11 bits per heavy atom. The van der Waals surface area contributed by atoms with Crippen LogP contribution in [0.1, 0.15) is 59.9 Å². The standard InChI is InChI=1S/C29H32N4O3.ClH/c1-19(2)27-24-16-22(7-9-26(24)36-28(27)29(34)35)33-13-11-32(12-14-33)10-4-3-5-21-18-31-25-8-6-20(17-30)15-23(21)25;/h6-9,15-16,18-19,31H,3-5,10-14H2,1-2H3,(H,34,35);1H. The van der Waals surface area contributed by atoms with Crippen LogP contribution in [0.3, 0.4) is 0 Å². The van der Waals surface area contributed by atoms with Crippen LogP contribution in [0.4, 0.5) is 5.69 Å². The van der Waals surface area contributed by atoms with E-state index in [-0.39, 0.29) is 24.1 Å². The molecule has 0 atom stereocenters. The summed E-state index contributed by atoms with van der Waals surface area (Å²) in [6, 6.07) is 14.1. The summed E-state index contributed by atoms with van der Waals surface area (Å²) in [5, 5.41) is 20.8. The Morgan fingerprint density at radius 3 is 2.59 bits per heavy atom. The first-order valence-corrected chi connectivity index (χ1v) is 12.7. The summed E-state index contributed by atoms with van der Waals surface area (Å²) >= 11 is 0. The molecular formula is C29H33ClN4O3. The maximum absolute atomic E-state index is 11.7. The predicted octanol–water partition coefficient (Wildman–Crippen LogP) is 6.17. The summed E-state index contributed by atoms with van der Waals surface area (Å²) < 4.78 is 5.66. The summed E-state index contributed by atoms with van der Waals surface area (Å²) in [6.45, 7) is 9.02. The van der Waals surface area contributed by atoms with Gasteiger partial charge in [-0.3, -0.25) is 4.90 Å². The molecule has 4 aromatic rings. The van der Waals surface area contributed by atoms with Gasteiger partial charge in [0.05, 0.1) is 11.6 Å². The smallest absolute Gasteiger partial charge is 0.372 e. The molecule has 5 rings (SSSR count). The molecular weight excluding hydrogens is 488 g/mol. The SMILES string of the molecule is CC(C)c1c(C(=O)O)oc2ccc(N3CCN(CCCCc4c[nH]c5ccc(C#N)cc45)CC3)cc12.Cl. The molecule has 0 bridgehead atoms. The number of aromatic nitrogens is 1. The molecule has 2 aromatic heterocycles. The number of carboxylic acid groups (broad SMARTS) is 1. The maximum Gasteiger partial charge on any atom is 0.372 e. The van der Waals surface area contributed by atoms with Crippen molar-refractivity contribution in [3.05, 3.63) is 65.0 Å². The Bertz CT molecular complexity index is 1440. The van der Waals surface area contributed by atoms with Crippen LogP contribution >= 0.6 is 12.4 Å². The number of hydrogen-bond donors (Lipinski definition) is 2. The minimum absolute atomic E-state index is 0. The number of carbonyl (C=O) groups is 1. The fraction of sp³-hybridized carbons (Fsp3) is 0.379. The molecule has 0 radical (unpaired) electrons. The van der Waals surface area contributed by atoms with E-state index in [9.17, 15) is 15.2 Å². The van der Waals surface area contributed by atoms with Crippen molar-refractivity contribution in [2.24, 2.45) is 0 Å². The molecule has 2 N–H and O–H groups in total. The lowest BCUT2D eigenvalue weighted by atomic mass is 9.99. The highest BCUT2D eigenvalue weighted by molar-refractivity contribution is 5.96. The lowest BCUT2D eigenvalue weighted by Crippen LogP contribution is -2.46. The first-order valence-electron chi connectivity index (χ1n) is 12.7. The Balaban J connectivity index is 0.00000320. The van der Waals surface area contributed by atoms with Crippen molar-refractivity contribution in [1.82, 2.24) is 9.88 Å². The van der Waals surface area contributed by atoms with Crippen molar-refractivity contribution in [2.45, 2.75) is 39.0 Å². The summed E-state index contributed by atoms with van der Waals surface area (Å²) in [7, 11) is 0. The second kappa shape index (κ2) is 11.3. The number of nitriles is 1. The highest BCUT2D eigenvalue weighted by Gasteiger charge is 2.24. The normalized spacial score (nSPS) is 14.3. The van der Waals surface area contributed by atoms with E-state index in [1.807, 2.05) is 44.2 Å². The number of aromatic carboxylic acids is 1. The fourth-order valence-electron chi connectivity index (χ4n) is 5.37. The Kier molecular flexibility index (Phi) is 8.11. The molecule has 0 unspecified atom stereocenters. The highest BCUT2D eigenvalue weighted by atomic mass is 35.5. The molecule has 0 saturated carbocycles. The van der Waals surface area contributed by atoms with Gasteiger partial charge in [0, 0.05) is 59.9 Å². The van der Waals surface area contributed by atoms with E-state index in [2.05, 4.69) is 33.1 Å². The van der Waals surface area contributed by atoms with E-state index < -0.39 is 5.97 Å². The van der Waals surface area contributed by atoms with Crippen LogP contribution in [0, 0.1) is 11.3 Å². The van der Waals surface area contributed by atoms with Crippen molar-refractivity contribution >= 4 is 45.9 Å². The zero-order valence-electron chi connectivity index (χ0n) is 21.3. The number of unbranched alkanes of at least 4 members (excludes halogenated alkanes) is 1. The number of furan rings is 1. The van der Waals surface area contributed by atoms with E-state index in [4.69, 9.17) is 4.42 Å². The van der Waals surface area contributed by atoms with Crippen molar-refractivity contribution in [3.8, 4) is 6.07 Å². The lowest BCUT2D eigenvalue weighted by Gasteiger charge is -2.36. The van der Waals surface area contributed by atoms with Crippen LogP contribution in [-0.4, -0.2) is 53.7 Å². The minimum atomic E-state index is -1.01. The largest absolute Gasteiger partial charge is 0.475 e. The van der Waals surface area contributed by atoms with Gasteiger partial charge in [-0.25, -0.2) is 4.79 Å². The van der Waals surface area contributed by atoms with Crippen LogP contribution in [0.5, 0.6) is 0 Å². The molecule has 194 valence electrons. The van der Waals surface area contributed by atoms with Crippen LogP contribution in [0.2, 0.25) is 0 Å². The Morgan fingerprint density at radius 2 is 1.89 bits per heavy atom. The van der Waals surface area contributed by atoms with Crippen molar-refractivity contribution in [1.29, 1.82) is 5.26 Å². The van der Waals surface area contributed by atoms with Crippen LogP contribution in [0.25, 0.3) is 21.9 Å².